The third kappa shape index (κ3) is 4.33. The van der Waals surface area contributed by atoms with Gasteiger partial charge in [0.2, 0.25) is 5.91 Å². The lowest BCUT2D eigenvalue weighted by Gasteiger charge is -2.27. The topological polar surface area (TPSA) is 71.0 Å². The van der Waals surface area contributed by atoms with Gasteiger partial charge in [-0.2, -0.15) is 4.99 Å². The molecule has 0 bridgehead atoms. The van der Waals surface area contributed by atoms with Crippen LogP contribution in [0.5, 0.6) is 0 Å². The highest BCUT2D eigenvalue weighted by Gasteiger charge is 2.33. The lowest BCUT2D eigenvalue weighted by molar-refractivity contribution is -0.121. The lowest BCUT2D eigenvalue weighted by Crippen LogP contribution is -2.39. The maximum Gasteiger partial charge on any atom is 0.262 e. The summed E-state index contributed by atoms with van der Waals surface area (Å²) in [7, 11) is 0. The summed E-state index contributed by atoms with van der Waals surface area (Å²) >= 11 is 4.71. The summed E-state index contributed by atoms with van der Waals surface area (Å²) in [6, 6.07) is 7.32. The van der Waals surface area contributed by atoms with Crippen molar-refractivity contribution in [2.24, 2.45) is 4.99 Å². The predicted molar refractivity (Wildman–Crippen MR) is 93.6 cm³/mol. The smallest absolute Gasteiger partial charge is 0.262 e. The molecule has 3 rings (SSSR count). The van der Waals surface area contributed by atoms with Gasteiger partial charge in [0.1, 0.15) is 5.25 Å². The second-order valence-corrected chi connectivity index (χ2v) is 7.28. The molecule has 1 atom stereocenters. The molecule has 122 valence electrons. The molecule has 1 N–H and O–H groups in total. The maximum atomic E-state index is 12.1. The van der Waals surface area contributed by atoms with Gasteiger partial charge in [0.15, 0.2) is 5.17 Å². The standard InChI is InChI=1S/C15H16BrN3O3S/c16-10-1-3-11(4-2-10)17-13(20)9-12-14(21)18-15(23-12)19-5-7-22-8-6-19/h1-4,12H,5-9H2,(H,17,20). The summed E-state index contributed by atoms with van der Waals surface area (Å²) < 4.78 is 6.24. The molecule has 0 aromatic heterocycles. The molecule has 1 aromatic carbocycles. The fraction of sp³-hybridized carbons (Fsp3) is 0.400. The van der Waals surface area contributed by atoms with Gasteiger partial charge in [-0.25, -0.2) is 0 Å². The summed E-state index contributed by atoms with van der Waals surface area (Å²) in [5.41, 5.74) is 0.711. The Balaban J connectivity index is 1.53. The van der Waals surface area contributed by atoms with Crippen LogP contribution in [0.4, 0.5) is 5.69 Å². The molecule has 8 heteroatoms. The Morgan fingerprint density at radius 3 is 2.74 bits per heavy atom. The number of ether oxygens (including phenoxy) is 1. The number of nitrogens with one attached hydrogen (secondary N) is 1. The van der Waals surface area contributed by atoms with Gasteiger partial charge >= 0.3 is 0 Å². The third-order valence-corrected chi connectivity index (χ3v) is 5.25. The van der Waals surface area contributed by atoms with Gasteiger partial charge in [0.25, 0.3) is 5.91 Å². The van der Waals surface area contributed by atoms with E-state index >= 15 is 0 Å². The number of aliphatic imine (C=N–C) groups is 1. The number of benzene rings is 1. The van der Waals surface area contributed by atoms with Crippen LogP contribution in [-0.2, 0) is 14.3 Å². The molecule has 1 saturated heterocycles. The van der Waals surface area contributed by atoms with Gasteiger partial charge in [-0.15, -0.1) is 0 Å². The highest BCUT2D eigenvalue weighted by Crippen LogP contribution is 2.28. The van der Waals surface area contributed by atoms with E-state index in [1.54, 1.807) is 12.1 Å². The van der Waals surface area contributed by atoms with Crippen molar-refractivity contribution >= 4 is 50.4 Å². The number of morpholine rings is 1. The van der Waals surface area contributed by atoms with E-state index in [2.05, 4.69) is 26.2 Å². The summed E-state index contributed by atoms with van der Waals surface area (Å²) in [5, 5.41) is 3.07. The van der Waals surface area contributed by atoms with Crippen LogP contribution >= 0.6 is 27.7 Å². The first-order valence-electron chi connectivity index (χ1n) is 7.29. The highest BCUT2D eigenvalue weighted by atomic mass is 79.9. The van der Waals surface area contributed by atoms with Crippen molar-refractivity contribution in [3.63, 3.8) is 0 Å². The number of anilines is 1. The molecule has 1 fully saturated rings. The number of carbonyl (C=O) groups is 2. The second kappa shape index (κ2) is 7.46. The average Bonchev–Trinajstić information content (AvgIpc) is 2.91. The van der Waals surface area contributed by atoms with Crippen LogP contribution in [0.2, 0.25) is 0 Å². The summed E-state index contributed by atoms with van der Waals surface area (Å²) in [4.78, 5) is 30.2. The van der Waals surface area contributed by atoms with Gasteiger partial charge in [-0.3, -0.25) is 9.59 Å². The van der Waals surface area contributed by atoms with E-state index in [1.165, 1.54) is 11.8 Å². The highest BCUT2D eigenvalue weighted by molar-refractivity contribution is 9.10. The van der Waals surface area contributed by atoms with Crippen LogP contribution in [0, 0.1) is 0 Å². The van der Waals surface area contributed by atoms with E-state index in [0.29, 0.717) is 24.1 Å². The minimum Gasteiger partial charge on any atom is -0.378 e. The van der Waals surface area contributed by atoms with Gasteiger partial charge < -0.3 is 15.0 Å². The van der Waals surface area contributed by atoms with Gasteiger partial charge in [0.05, 0.1) is 13.2 Å². The summed E-state index contributed by atoms with van der Waals surface area (Å²) in [5.74, 6) is -0.418. The first-order valence-corrected chi connectivity index (χ1v) is 8.96. The zero-order valence-electron chi connectivity index (χ0n) is 12.3. The van der Waals surface area contributed by atoms with E-state index in [-0.39, 0.29) is 18.2 Å². The van der Waals surface area contributed by atoms with Crippen molar-refractivity contribution in [3.8, 4) is 0 Å². The number of nitrogens with zero attached hydrogens (tertiary/aromatic N) is 2. The van der Waals surface area contributed by atoms with Crippen molar-refractivity contribution in [2.75, 3.05) is 31.6 Å². The molecule has 2 aliphatic heterocycles. The molecule has 6 nitrogen and oxygen atoms in total. The van der Waals surface area contributed by atoms with E-state index in [1.807, 2.05) is 17.0 Å². The number of amides is 2. The Kier molecular flexibility index (Phi) is 5.34. The molecule has 1 unspecified atom stereocenters. The maximum absolute atomic E-state index is 12.1. The van der Waals surface area contributed by atoms with Gasteiger partial charge in [-0.05, 0) is 24.3 Å². The quantitative estimate of drug-likeness (QED) is 0.845. The fourth-order valence-corrected chi connectivity index (χ4v) is 3.69. The number of hydrogen-bond donors (Lipinski definition) is 1. The molecule has 1 aromatic rings. The number of thioether (sulfide) groups is 1. The monoisotopic (exact) mass is 397 g/mol. The summed E-state index contributed by atoms with van der Waals surface area (Å²) in [6.45, 7) is 2.75. The number of carbonyl (C=O) groups excluding carboxylic acids is 2. The first kappa shape index (κ1) is 16.5. The Hall–Kier alpha value is -1.38. The predicted octanol–water partition coefficient (Wildman–Crippen LogP) is 2.11. The number of halogens is 1. The molecular weight excluding hydrogens is 382 g/mol. The molecule has 0 saturated carbocycles. The van der Waals surface area contributed by atoms with Crippen LogP contribution in [0.15, 0.2) is 33.7 Å². The molecule has 23 heavy (non-hydrogen) atoms. The fourth-order valence-electron chi connectivity index (χ4n) is 2.31. The average molecular weight is 398 g/mol. The normalized spacial score (nSPS) is 21.3. The van der Waals surface area contributed by atoms with Gasteiger partial charge in [-0.1, -0.05) is 27.7 Å². The van der Waals surface area contributed by atoms with Crippen LogP contribution < -0.4 is 5.32 Å². The first-order chi connectivity index (χ1) is 11.1. The third-order valence-electron chi connectivity index (χ3n) is 3.51. The van der Waals surface area contributed by atoms with Crippen molar-refractivity contribution in [3.05, 3.63) is 28.7 Å². The van der Waals surface area contributed by atoms with Crippen molar-refractivity contribution in [1.82, 2.24) is 4.90 Å². The molecular formula is C15H16BrN3O3S. The Morgan fingerprint density at radius 1 is 1.35 bits per heavy atom. The summed E-state index contributed by atoms with van der Waals surface area (Å²) in [6.07, 6.45) is 0.122. The van der Waals surface area contributed by atoms with E-state index < -0.39 is 5.25 Å². The van der Waals surface area contributed by atoms with E-state index in [0.717, 1.165) is 17.6 Å². The van der Waals surface area contributed by atoms with Crippen LogP contribution in [0.1, 0.15) is 6.42 Å². The molecule has 2 aliphatic rings. The SMILES string of the molecule is O=C(CC1SC(N2CCOCC2)=NC1=O)Nc1ccc(Br)cc1. The molecule has 0 aliphatic carbocycles. The minimum absolute atomic E-state index is 0.122. The van der Waals surface area contributed by atoms with Crippen LogP contribution in [0.25, 0.3) is 0 Å². The molecule has 0 radical (unpaired) electrons. The van der Waals surface area contributed by atoms with Gasteiger partial charge in [0, 0.05) is 29.7 Å². The number of hydrogen-bond acceptors (Lipinski definition) is 5. The van der Waals surface area contributed by atoms with Crippen LogP contribution in [-0.4, -0.2) is 53.4 Å². The molecule has 0 spiro atoms. The minimum atomic E-state index is -0.441. The zero-order valence-corrected chi connectivity index (χ0v) is 14.7. The largest absolute Gasteiger partial charge is 0.378 e. The second-order valence-electron chi connectivity index (χ2n) is 5.20. The molecule has 2 heterocycles. The lowest BCUT2D eigenvalue weighted by atomic mass is 10.2. The Labute approximate surface area is 146 Å². The van der Waals surface area contributed by atoms with E-state index in [4.69, 9.17) is 4.74 Å². The van der Waals surface area contributed by atoms with Crippen LogP contribution in [0.3, 0.4) is 0 Å². The van der Waals surface area contributed by atoms with Crippen molar-refractivity contribution in [1.29, 1.82) is 0 Å². The zero-order chi connectivity index (χ0) is 16.2. The van der Waals surface area contributed by atoms with Crippen molar-refractivity contribution < 1.29 is 14.3 Å². The van der Waals surface area contributed by atoms with E-state index in [9.17, 15) is 9.59 Å². The Morgan fingerprint density at radius 2 is 2.04 bits per heavy atom. The number of amidine groups is 1. The Bertz CT molecular complexity index is 629. The molecule has 2 amide bonds. The number of rotatable bonds is 3. The van der Waals surface area contributed by atoms with Crippen molar-refractivity contribution in [2.45, 2.75) is 11.7 Å².